The summed E-state index contributed by atoms with van der Waals surface area (Å²) in [5, 5.41) is 6.09. The van der Waals surface area contributed by atoms with Crippen molar-refractivity contribution in [2.75, 3.05) is 5.43 Å². The second-order valence-corrected chi connectivity index (χ2v) is 6.87. The first kappa shape index (κ1) is 16.0. The zero-order valence-electron chi connectivity index (χ0n) is 12.3. The second kappa shape index (κ2) is 7.13. The van der Waals surface area contributed by atoms with Crippen molar-refractivity contribution >= 4 is 45.9 Å². The quantitative estimate of drug-likeness (QED) is 0.465. The Morgan fingerprint density at radius 2 is 1.91 bits per heavy atom. The van der Waals surface area contributed by atoms with Crippen LogP contribution in [0.1, 0.15) is 10.4 Å². The highest BCUT2D eigenvalue weighted by molar-refractivity contribution is 7.15. The molecule has 116 valence electrons. The van der Waals surface area contributed by atoms with Crippen molar-refractivity contribution in [3.05, 3.63) is 69.0 Å². The van der Waals surface area contributed by atoms with Crippen molar-refractivity contribution in [3.8, 4) is 11.3 Å². The summed E-state index contributed by atoms with van der Waals surface area (Å²) < 4.78 is 0. The number of hydrogen-bond donors (Lipinski definition) is 1. The second-order valence-electron chi connectivity index (χ2n) is 4.83. The maximum absolute atomic E-state index is 6.10. The lowest BCUT2D eigenvalue weighted by Gasteiger charge is -1.98. The maximum Gasteiger partial charge on any atom is 0.204 e. The van der Waals surface area contributed by atoms with Gasteiger partial charge in [-0.25, -0.2) is 4.98 Å². The Kier molecular flexibility index (Phi) is 4.96. The fourth-order valence-corrected chi connectivity index (χ4v) is 3.31. The molecule has 3 rings (SSSR count). The predicted molar refractivity (Wildman–Crippen MR) is 100.0 cm³/mol. The van der Waals surface area contributed by atoms with Gasteiger partial charge in [0.05, 0.1) is 16.9 Å². The highest BCUT2D eigenvalue weighted by atomic mass is 35.5. The Labute approximate surface area is 148 Å². The van der Waals surface area contributed by atoms with Gasteiger partial charge in [0.1, 0.15) is 0 Å². The number of aromatic nitrogens is 1. The lowest BCUT2D eigenvalue weighted by atomic mass is 10.1. The first-order valence-corrected chi connectivity index (χ1v) is 8.48. The molecule has 1 aromatic heterocycles. The van der Waals surface area contributed by atoms with Crippen LogP contribution in [0.25, 0.3) is 11.3 Å². The number of benzene rings is 2. The Bertz CT molecular complexity index is 844. The summed E-state index contributed by atoms with van der Waals surface area (Å²) in [6.45, 7) is 2.05. The normalized spacial score (nSPS) is 11.1. The van der Waals surface area contributed by atoms with Crippen LogP contribution in [-0.4, -0.2) is 11.2 Å². The third-order valence-electron chi connectivity index (χ3n) is 3.17. The molecule has 6 heteroatoms. The molecule has 0 atom stereocenters. The Morgan fingerprint density at radius 1 is 1.13 bits per heavy atom. The predicted octanol–water partition coefficient (Wildman–Crippen LogP) is 5.87. The molecule has 0 saturated carbocycles. The van der Waals surface area contributed by atoms with Gasteiger partial charge in [0.15, 0.2) is 0 Å². The van der Waals surface area contributed by atoms with E-state index >= 15 is 0 Å². The third-order valence-corrected chi connectivity index (χ3v) is 4.61. The summed E-state index contributed by atoms with van der Waals surface area (Å²) in [5.74, 6) is 0. The number of nitrogens with one attached hydrogen (secondary N) is 1. The van der Waals surface area contributed by atoms with Crippen LogP contribution in [0, 0.1) is 6.92 Å². The lowest BCUT2D eigenvalue weighted by molar-refractivity contribution is 1.28. The van der Waals surface area contributed by atoms with Crippen LogP contribution in [-0.2, 0) is 0 Å². The molecule has 23 heavy (non-hydrogen) atoms. The number of hydrogen-bond acceptors (Lipinski definition) is 4. The van der Waals surface area contributed by atoms with Crippen LogP contribution in [0.2, 0.25) is 10.0 Å². The van der Waals surface area contributed by atoms with E-state index in [0.717, 1.165) is 26.8 Å². The standard InChI is InChI=1S/C17H13Cl2N3S/c1-11-16(12-5-3-2-4-6-12)21-17(23-11)22-20-10-13-7-8-14(18)9-15(13)19/h2-10H,1H3,(H,21,22)/b20-10-. The summed E-state index contributed by atoms with van der Waals surface area (Å²) in [6.07, 6.45) is 1.65. The minimum atomic E-state index is 0.559. The van der Waals surface area contributed by atoms with Crippen molar-refractivity contribution in [2.45, 2.75) is 6.92 Å². The van der Waals surface area contributed by atoms with Gasteiger partial charge in [0, 0.05) is 21.0 Å². The van der Waals surface area contributed by atoms with Crippen LogP contribution < -0.4 is 5.43 Å². The van der Waals surface area contributed by atoms with Crippen LogP contribution in [0.3, 0.4) is 0 Å². The highest BCUT2D eigenvalue weighted by Gasteiger charge is 2.08. The maximum atomic E-state index is 6.10. The lowest BCUT2D eigenvalue weighted by Crippen LogP contribution is -1.91. The summed E-state index contributed by atoms with van der Waals surface area (Å²) in [4.78, 5) is 5.72. The summed E-state index contributed by atoms with van der Waals surface area (Å²) in [6, 6.07) is 15.4. The SMILES string of the molecule is Cc1sc(N/N=C\c2ccc(Cl)cc2Cl)nc1-c1ccccc1. The number of hydrazone groups is 1. The molecule has 0 saturated heterocycles. The molecular formula is C17H13Cl2N3S. The van der Waals surface area contributed by atoms with Gasteiger partial charge in [-0.2, -0.15) is 5.10 Å². The van der Waals surface area contributed by atoms with Crippen molar-refractivity contribution in [1.82, 2.24) is 4.98 Å². The van der Waals surface area contributed by atoms with Gasteiger partial charge in [0.25, 0.3) is 0 Å². The van der Waals surface area contributed by atoms with E-state index in [1.807, 2.05) is 43.3 Å². The van der Waals surface area contributed by atoms with Crippen LogP contribution in [0.4, 0.5) is 5.13 Å². The molecule has 3 aromatic rings. The van der Waals surface area contributed by atoms with Crippen LogP contribution in [0.5, 0.6) is 0 Å². The number of aryl methyl sites for hydroxylation is 1. The van der Waals surface area contributed by atoms with Crippen LogP contribution in [0.15, 0.2) is 53.6 Å². The summed E-state index contributed by atoms with van der Waals surface area (Å²) in [5.41, 5.74) is 5.81. The van der Waals surface area contributed by atoms with E-state index in [-0.39, 0.29) is 0 Å². The molecule has 0 aliphatic carbocycles. The minimum Gasteiger partial charge on any atom is -0.253 e. The fourth-order valence-electron chi connectivity index (χ4n) is 2.07. The number of thiazole rings is 1. The number of anilines is 1. The van der Waals surface area contributed by atoms with Gasteiger partial charge in [-0.1, -0.05) is 59.6 Å². The van der Waals surface area contributed by atoms with Crippen LogP contribution >= 0.6 is 34.5 Å². The van der Waals surface area contributed by atoms with E-state index in [4.69, 9.17) is 23.2 Å². The van der Waals surface area contributed by atoms with Crippen molar-refractivity contribution < 1.29 is 0 Å². The van der Waals surface area contributed by atoms with Gasteiger partial charge in [0.2, 0.25) is 5.13 Å². The van der Waals surface area contributed by atoms with E-state index in [1.54, 1.807) is 29.7 Å². The monoisotopic (exact) mass is 361 g/mol. The highest BCUT2D eigenvalue weighted by Crippen LogP contribution is 2.30. The molecule has 0 fully saturated rings. The molecule has 0 aliphatic heterocycles. The smallest absolute Gasteiger partial charge is 0.204 e. The van der Waals surface area contributed by atoms with Crippen molar-refractivity contribution in [1.29, 1.82) is 0 Å². The number of nitrogens with zero attached hydrogens (tertiary/aromatic N) is 2. The molecule has 1 heterocycles. The van der Waals surface area contributed by atoms with E-state index in [2.05, 4.69) is 15.5 Å². The molecule has 0 radical (unpaired) electrons. The molecule has 2 aromatic carbocycles. The van der Waals surface area contributed by atoms with Gasteiger partial charge >= 0.3 is 0 Å². The molecule has 0 amide bonds. The van der Waals surface area contributed by atoms with Crippen molar-refractivity contribution in [3.63, 3.8) is 0 Å². The van der Waals surface area contributed by atoms with Crippen molar-refractivity contribution in [2.24, 2.45) is 5.10 Å². The molecule has 0 spiro atoms. The largest absolute Gasteiger partial charge is 0.253 e. The first-order valence-electron chi connectivity index (χ1n) is 6.90. The average molecular weight is 362 g/mol. The Morgan fingerprint density at radius 3 is 2.65 bits per heavy atom. The van der Waals surface area contributed by atoms with Gasteiger partial charge in [-0.05, 0) is 19.1 Å². The van der Waals surface area contributed by atoms with E-state index in [1.165, 1.54) is 0 Å². The molecule has 0 bridgehead atoms. The van der Waals surface area contributed by atoms with Gasteiger partial charge in [-0.3, -0.25) is 5.43 Å². The Hall–Kier alpha value is -1.88. The molecule has 3 nitrogen and oxygen atoms in total. The Balaban J connectivity index is 1.75. The summed E-state index contributed by atoms with van der Waals surface area (Å²) >= 11 is 13.5. The topological polar surface area (TPSA) is 37.3 Å². The van der Waals surface area contributed by atoms with Gasteiger partial charge < -0.3 is 0 Å². The van der Waals surface area contributed by atoms with Gasteiger partial charge in [-0.15, -0.1) is 11.3 Å². The van der Waals surface area contributed by atoms with E-state index in [9.17, 15) is 0 Å². The molecule has 0 aliphatic rings. The summed E-state index contributed by atoms with van der Waals surface area (Å²) in [7, 11) is 0. The van der Waals surface area contributed by atoms with E-state index in [0.29, 0.717) is 10.0 Å². The molecule has 0 unspecified atom stereocenters. The zero-order chi connectivity index (χ0) is 16.2. The minimum absolute atomic E-state index is 0.559. The molecular weight excluding hydrogens is 349 g/mol. The zero-order valence-corrected chi connectivity index (χ0v) is 14.6. The fraction of sp³-hybridized carbons (Fsp3) is 0.0588. The average Bonchev–Trinajstić information content (AvgIpc) is 2.91. The number of halogens is 2. The molecule has 1 N–H and O–H groups in total. The first-order chi connectivity index (χ1) is 11.1. The van der Waals surface area contributed by atoms with E-state index < -0.39 is 0 Å². The number of rotatable bonds is 4. The third kappa shape index (κ3) is 3.91.